The third-order valence-electron chi connectivity index (χ3n) is 7.96. The molecule has 2 saturated heterocycles. The highest BCUT2D eigenvalue weighted by Crippen LogP contribution is 2.71. The molecule has 0 aromatic heterocycles. The van der Waals surface area contributed by atoms with E-state index in [1.807, 2.05) is 0 Å². The van der Waals surface area contributed by atoms with Gasteiger partial charge in [-0.1, -0.05) is 18.2 Å². The summed E-state index contributed by atoms with van der Waals surface area (Å²) in [5.41, 5.74) is 3.24. The van der Waals surface area contributed by atoms with E-state index in [9.17, 15) is 4.79 Å². The van der Waals surface area contributed by atoms with Crippen LogP contribution in [-0.2, 0) is 10.2 Å². The number of rotatable bonds is 0. The zero-order valence-electron chi connectivity index (χ0n) is 12.9. The molecule has 3 aliphatic carbocycles. The van der Waals surface area contributed by atoms with Gasteiger partial charge in [0.15, 0.2) is 0 Å². The largest absolute Gasteiger partial charge is 0.378 e. The fourth-order valence-electron chi connectivity index (χ4n) is 7.24. The van der Waals surface area contributed by atoms with Crippen molar-refractivity contribution in [1.82, 2.24) is 4.90 Å². The smallest absolute Gasteiger partial charge is 0.141 e. The molecule has 5 fully saturated rings. The minimum Gasteiger partial charge on any atom is -0.378 e. The summed E-state index contributed by atoms with van der Waals surface area (Å²) in [4.78, 5) is 15.7. The average Bonchev–Trinajstić information content (AvgIpc) is 3.09. The third kappa shape index (κ3) is 0.989. The summed E-state index contributed by atoms with van der Waals surface area (Å²) in [5, 5.41) is 3.96. The first-order valence-corrected chi connectivity index (χ1v) is 8.87. The van der Waals surface area contributed by atoms with E-state index in [4.69, 9.17) is 0 Å². The van der Waals surface area contributed by atoms with Crippen molar-refractivity contribution in [3.63, 3.8) is 0 Å². The average molecular weight is 294 g/mol. The molecule has 2 bridgehead atoms. The van der Waals surface area contributed by atoms with Gasteiger partial charge in [0, 0.05) is 41.1 Å². The number of nitrogens with one attached hydrogen (secondary N) is 1. The van der Waals surface area contributed by atoms with E-state index >= 15 is 0 Å². The van der Waals surface area contributed by atoms with Crippen molar-refractivity contribution >= 4 is 11.5 Å². The van der Waals surface area contributed by atoms with Crippen molar-refractivity contribution in [2.24, 2.45) is 5.41 Å². The van der Waals surface area contributed by atoms with Gasteiger partial charge < -0.3 is 5.32 Å². The van der Waals surface area contributed by atoms with Crippen molar-refractivity contribution in [2.45, 2.75) is 55.5 Å². The summed E-state index contributed by atoms with van der Waals surface area (Å²) in [6.07, 6.45) is 6.59. The number of hydrogen-bond donors (Lipinski definition) is 1. The standard InChI is InChI=1S/C19H22N2O/c22-15-5-11-21-12-10-19-13-3-1-2-4-14(13)20-18(19)8-6-17(15,7-9-18)16(19)21/h1-4,16,20H,5-12H2. The minimum atomic E-state index is -0.0321. The fraction of sp³-hybridized carbons (Fsp3) is 0.632. The Hall–Kier alpha value is -1.35. The minimum absolute atomic E-state index is 0.0321. The Bertz CT molecular complexity index is 703. The van der Waals surface area contributed by atoms with Crippen molar-refractivity contribution in [2.75, 3.05) is 18.4 Å². The highest BCUT2D eigenvalue weighted by molar-refractivity contribution is 5.89. The van der Waals surface area contributed by atoms with Crippen LogP contribution in [0.1, 0.15) is 44.1 Å². The molecule has 3 aliphatic heterocycles. The van der Waals surface area contributed by atoms with Crippen LogP contribution >= 0.6 is 0 Å². The number of ketones is 1. The van der Waals surface area contributed by atoms with Crippen LogP contribution in [-0.4, -0.2) is 35.4 Å². The van der Waals surface area contributed by atoms with Gasteiger partial charge >= 0.3 is 0 Å². The molecule has 22 heavy (non-hydrogen) atoms. The molecule has 3 heterocycles. The molecular weight excluding hydrogens is 272 g/mol. The van der Waals surface area contributed by atoms with Gasteiger partial charge in [0.05, 0.1) is 0 Å². The number of para-hydroxylation sites is 1. The zero-order valence-corrected chi connectivity index (χ0v) is 12.9. The number of carbonyl (C=O) groups is 1. The molecule has 2 unspecified atom stereocenters. The van der Waals surface area contributed by atoms with E-state index in [0.717, 1.165) is 25.8 Å². The van der Waals surface area contributed by atoms with Gasteiger partial charge in [0.2, 0.25) is 0 Å². The molecule has 3 spiro atoms. The van der Waals surface area contributed by atoms with Gasteiger partial charge in [-0.2, -0.15) is 0 Å². The van der Waals surface area contributed by atoms with Crippen molar-refractivity contribution < 1.29 is 4.79 Å². The summed E-state index contributed by atoms with van der Waals surface area (Å²) >= 11 is 0. The molecule has 3 saturated carbocycles. The summed E-state index contributed by atoms with van der Waals surface area (Å²) in [6.45, 7) is 2.17. The van der Waals surface area contributed by atoms with Crippen LogP contribution in [0.2, 0.25) is 0 Å². The number of carbonyl (C=O) groups excluding carboxylic acids is 1. The maximum atomic E-state index is 13.0. The fourth-order valence-corrected chi connectivity index (χ4v) is 7.24. The Balaban J connectivity index is 1.68. The Kier molecular flexibility index (Phi) is 1.89. The number of fused-ring (bicyclic) bond motifs is 3. The van der Waals surface area contributed by atoms with Crippen molar-refractivity contribution in [3.05, 3.63) is 29.8 Å². The molecule has 114 valence electrons. The Morgan fingerprint density at radius 2 is 1.86 bits per heavy atom. The quantitative estimate of drug-likeness (QED) is 0.798. The molecule has 6 aliphatic rings. The van der Waals surface area contributed by atoms with Crippen LogP contribution in [0.15, 0.2) is 24.3 Å². The topological polar surface area (TPSA) is 32.3 Å². The first-order valence-electron chi connectivity index (χ1n) is 8.87. The summed E-state index contributed by atoms with van der Waals surface area (Å²) in [5.74, 6) is 0.577. The van der Waals surface area contributed by atoms with Crippen LogP contribution in [0.4, 0.5) is 5.69 Å². The van der Waals surface area contributed by atoms with Crippen LogP contribution in [0.5, 0.6) is 0 Å². The number of nitrogens with zero attached hydrogens (tertiary/aromatic N) is 1. The second-order valence-electron chi connectivity index (χ2n) is 8.24. The number of piperidine rings is 1. The zero-order chi connectivity index (χ0) is 14.6. The number of benzene rings is 1. The highest BCUT2D eigenvalue weighted by Gasteiger charge is 2.76. The van der Waals surface area contributed by atoms with Gasteiger partial charge in [0.1, 0.15) is 5.78 Å². The van der Waals surface area contributed by atoms with Crippen molar-refractivity contribution in [3.8, 4) is 0 Å². The second-order valence-corrected chi connectivity index (χ2v) is 8.24. The van der Waals surface area contributed by atoms with Gasteiger partial charge in [0.25, 0.3) is 0 Å². The maximum Gasteiger partial charge on any atom is 0.141 e. The molecule has 3 nitrogen and oxygen atoms in total. The lowest BCUT2D eigenvalue weighted by Crippen LogP contribution is -2.74. The molecule has 1 aromatic rings. The lowest BCUT2D eigenvalue weighted by atomic mass is 9.41. The third-order valence-corrected chi connectivity index (χ3v) is 7.96. The number of anilines is 1. The lowest BCUT2D eigenvalue weighted by molar-refractivity contribution is -0.155. The number of Topliss-reactive ketones (excluding diaryl/α,β-unsaturated/α-hetero) is 1. The predicted molar refractivity (Wildman–Crippen MR) is 85.0 cm³/mol. The van der Waals surface area contributed by atoms with E-state index in [1.54, 1.807) is 0 Å². The van der Waals surface area contributed by atoms with Crippen molar-refractivity contribution in [1.29, 1.82) is 0 Å². The van der Waals surface area contributed by atoms with Gasteiger partial charge in [-0.05, 0) is 50.3 Å². The van der Waals surface area contributed by atoms with Crippen LogP contribution in [0.3, 0.4) is 0 Å². The first-order chi connectivity index (χ1) is 10.7. The monoisotopic (exact) mass is 294 g/mol. The van der Waals surface area contributed by atoms with E-state index in [-0.39, 0.29) is 16.4 Å². The first kappa shape index (κ1) is 12.1. The van der Waals surface area contributed by atoms with Crippen LogP contribution < -0.4 is 5.32 Å². The van der Waals surface area contributed by atoms with E-state index in [0.29, 0.717) is 11.8 Å². The number of hydrogen-bond acceptors (Lipinski definition) is 3. The van der Waals surface area contributed by atoms with Gasteiger partial charge in [-0.15, -0.1) is 0 Å². The molecule has 0 radical (unpaired) electrons. The highest BCUT2D eigenvalue weighted by atomic mass is 16.1. The van der Waals surface area contributed by atoms with Gasteiger partial charge in [-0.3, -0.25) is 9.69 Å². The van der Waals surface area contributed by atoms with E-state index in [2.05, 4.69) is 34.5 Å². The van der Waals surface area contributed by atoms with Crippen LogP contribution in [0.25, 0.3) is 0 Å². The molecule has 1 N–H and O–H groups in total. The van der Waals surface area contributed by atoms with E-state index in [1.165, 1.54) is 37.1 Å². The maximum absolute atomic E-state index is 13.0. The summed E-state index contributed by atoms with van der Waals surface area (Å²) in [7, 11) is 0. The normalized spacial score (nSPS) is 47.8. The lowest BCUT2D eigenvalue weighted by Gasteiger charge is -2.66. The Morgan fingerprint density at radius 1 is 1.05 bits per heavy atom. The Labute approximate surface area is 131 Å². The second kappa shape index (κ2) is 3.43. The Morgan fingerprint density at radius 3 is 2.73 bits per heavy atom. The SMILES string of the molecule is O=C1CCN2CCC34c5ccccc5NC35CCC1(CC5)C24. The molecule has 0 amide bonds. The molecule has 2 atom stereocenters. The summed E-state index contributed by atoms with van der Waals surface area (Å²) < 4.78 is 0. The summed E-state index contributed by atoms with van der Waals surface area (Å²) in [6, 6.07) is 9.40. The van der Waals surface area contributed by atoms with Crippen LogP contribution in [0, 0.1) is 5.41 Å². The van der Waals surface area contributed by atoms with Gasteiger partial charge in [-0.25, -0.2) is 0 Å². The molecule has 7 rings (SSSR count). The molecule has 1 aromatic carbocycles. The predicted octanol–water partition coefficient (Wildman–Crippen LogP) is 2.71. The molecule has 3 heteroatoms. The molecular formula is C19H22N2O. The van der Waals surface area contributed by atoms with E-state index < -0.39 is 0 Å².